The third-order valence-corrected chi connectivity index (χ3v) is 5.80. The molecule has 2 rings (SSSR count). The minimum absolute atomic E-state index is 0.0832. The summed E-state index contributed by atoms with van der Waals surface area (Å²) in [6.45, 7) is 1.74. The maximum Gasteiger partial charge on any atom is 0.325 e. The molecule has 0 spiro atoms. The van der Waals surface area contributed by atoms with Crippen molar-refractivity contribution in [2.75, 3.05) is 19.7 Å². The Morgan fingerprint density at radius 1 is 0.925 bits per heavy atom. The van der Waals surface area contributed by atoms with Crippen LogP contribution in [0.2, 0.25) is 0 Å². The number of esters is 1. The molecule has 0 radical (unpaired) electrons. The average Bonchev–Trinajstić information content (AvgIpc) is 2.93. The van der Waals surface area contributed by atoms with Crippen molar-refractivity contribution in [2.24, 2.45) is 16.5 Å². The minimum atomic E-state index is -1.02. The van der Waals surface area contributed by atoms with Gasteiger partial charge in [-0.25, -0.2) is 0 Å². The number of hydrogen-bond acceptors (Lipinski definition) is 7. The van der Waals surface area contributed by atoms with E-state index in [1.165, 1.54) is 12.1 Å². The Bertz CT molecular complexity index is 1140. The molecule has 2 aromatic carbocycles. The first-order valence-corrected chi connectivity index (χ1v) is 13.1. The van der Waals surface area contributed by atoms with Crippen molar-refractivity contribution in [2.45, 2.75) is 51.1 Å². The normalized spacial score (nSPS) is 11.9. The van der Waals surface area contributed by atoms with Gasteiger partial charge in [0.15, 0.2) is 5.96 Å². The molecular weight excluding hydrogens is 516 g/mol. The van der Waals surface area contributed by atoms with E-state index in [0.29, 0.717) is 12.8 Å². The van der Waals surface area contributed by atoms with Gasteiger partial charge in [-0.1, -0.05) is 42.5 Å². The van der Waals surface area contributed by atoms with Gasteiger partial charge in [-0.15, -0.1) is 0 Å². The summed E-state index contributed by atoms with van der Waals surface area (Å²) in [6.07, 6.45) is 1.29. The molecule has 0 bridgehead atoms. The standard InChI is InChI=1S/C28H38N6O6/c1-2-40-25(37)18-32-26(38)23(17-20-7-4-3-5-8-20)34-27(39)22(9-6-16-31-28(29)30)33-24(36)15-12-19-10-13-21(35)14-11-19/h3-5,7-8,10-11,13-14,22-23,35H,2,6,9,12,15-18H2,1H3,(H,32,38)(H,33,36)(H,34,39)(H4,29,30,31)/t22-,23-/m0/s1. The van der Waals surface area contributed by atoms with Crippen LogP contribution in [0.5, 0.6) is 5.75 Å². The van der Waals surface area contributed by atoms with Gasteiger partial charge in [0, 0.05) is 19.4 Å². The van der Waals surface area contributed by atoms with E-state index in [1.54, 1.807) is 19.1 Å². The second-order valence-electron chi connectivity index (χ2n) is 9.01. The Hall–Kier alpha value is -4.61. The van der Waals surface area contributed by atoms with Gasteiger partial charge in [0.25, 0.3) is 0 Å². The molecule has 2 aromatic rings. The van der Waals surface area contributed by atoms with E-state index in [1.807, 2.05) is 30.3 Å². The van der Waals surface area contributed by atoms with Crippen molar-refractivity contribution < 1.29 is 29.0 Å². The third kappa shape index (κ3) is 12.3. The van der Waals surface area contributed by atoms with E-state index in [2.05, 4.69) is 20.9 Å². The van der Waals surface area contributed by atoms with Crippen molar-refractivity contribution in [3.63, 3.8) is 0 Å². The Balaban J connectivity index is 2.11. The Morgan fingerprint density at radius 3 is 2.27 bits per heavy atom. The van der Waals surface area contributed by atoms with Crippen molar-refractivity contribution >= 4 is 29.7 Å². The number of amides is 3. The number of benzene rings is 2. The number of carbonyl (C=O) groups excluding carboxylic acids is 4. The highest BCUT2D eigenvalue weighted by Crippen LogP contribution is 2.11. The molecule has 0 aromatic heterocycles. The van der Waals surface area contributed by atoms with Crippen LogP contribution in [-0.2, 0) is 36.8 Å². The number of nitrogens with zero attached hydrogens (tertiary/aromatic N) is 1. The van der Waals surface area contributed by atoms with Crippen LogP contribution in [0.25, 0.3) is 0 Å². The summed E-state index contributed by atoms with van der Waals surface area (Å²) in [5, 5.41) is 17.4. The molecule has 40 heavy (non-hydrogen) atoms. The Morgan fingerprint density at radius 2 is 1.62 bits per heavy atom. The smallest absolute Gasteiger partial charge is 0.325 e. The maximum absolute atomic E-state index is 13.4. The van der Waals surface area contributed by atoms with Crippen molar-refractivity contribution in [3.05, 3.63) is 65.7 Å². The van der Waals surface area contributed by atoms with E-state index in [4.69, 9.17) is 16.2 Å². The van der Waals surface area contributed by atoms with Gasteiger partial charge in [-0.2, -0.15) is 0 Å². The first-order valence-electron chi connectivity index (χ1n) is 13.1. The van der Waals surface area contributed by atoms with Crippen molar-refractivity contribution in [1.82, 2.24) is 16.0 Å². The summed E-state index contributed by atoms with van der Waals surface area (Å²) < 4.78 is 4.86. The molecule has 0 saturated carbocycles. The van der Waals surface area contributed by atoms with Gasteiger partial charge < -0.3 is 37.3 Å². The second kappa shape index (κ2) is 17.1. The zero-order valence-electron chi connectivity index (χ0n) is 22.6. The fourth-order valence-corrected chi connectivity index (χ4v) is 3.79. The number of guanidine groups is 1. The Kier molecular flexibility index (Phi) is 13.5. The monoisotopic (exact) mass is 554 g/mol. The number of aromatic hydroxyl groups is 1. The van der Waals surface area contributed by atoms with E-state index in [-0.39, 0.29) is 56.6 Å². The van der Waals surface area contributed by atoms with Crippen LogP contribution in [-0.4, -0.2) is 66.5 Å². The highest BCUT2D eigenvalue weighted by molar-refractivity contribution is 5.93. The summed E-state index contributed by atoms with van der Waals surface area (Å²) in [6, 6.07) is 13.6. The number of aliphatic imine (C=N–C) groups is 1. The lowest BCUT2D eigenvalue weighted by Gasteiger charge is -2.23. The molecule has 12 nitrogen and oxygen atoms in total. The summed E-state index contributed by atoms with van der Waals surface area (Å²) in [5.41, 5.74) is 12.4. The number of ether oxygens (including phenoxy) is 1. The van der Waals surface area contributed by atoms with Gasteiger partial charge in [0.1, 0.15) is 24.4 Å². The third-order valence-electron chi connectivity index (χ3n) is 5.80. The lowest BCUT2D eigenvalue weighted by molar-refractivity contribution is -0.143. The first-order chi connectivity index (χ1) is 19.2. The minimum Gasteiger partial charge on any atom is -0.508 e. The first kappa shape index (κ1) is 31.6. The lowest BCUT2D eigenvalue weighted by Crippen LogP contribution is -2.55. The highest BCUT2D eigenvalue weighted by atomic mass is 16.5. The van der Waals surface area contributed by atoms with E-state index in [9.17, 15) is 24.3 Å². The number of nitrogens with one attached hydrogen (secondary N) is 3. The SMILES string of the molecule is CCOC(=O)CNC(=O)[C@H](Cc1ccccc1)NC(=O)[C@H](CCCN=C(N)N)NC(=O)CCc1ccc(O)cc1. The molecule has 0 aliphatic heterocycles. The van der Waals surface area contributed by atoms with Crippen LogP contribution in [0, 0.1) is 0 Å². The number of rotatable bonds is 16. The number of hydrogen-bond donors (Lipinski definition) is 6. The molecule has 12 heteroatoms. The van der Waals surface area contributed by atoms with Crippen LogP contribution in [0.4, 0.5) is 0 Å². The van der Waals surface area contributed by atoms with Crippen LogP contribution in [0.3, 0.4) is 0 Å². The predicted molar refractivity (Wildman–Crippen MR) is 150 cm³/mol. The van der Waals surface area contributed by atoms with Crippen molar-refractivity contribution in [1.29, 1.82) is 0 Å². The number of carbonyl (C=O) groups is 4. The lowest BCUT2D eigenvalue weighted by atomic mass is 10.0. The molecule has 0 heterocycles. The topological polar surface area (TPSA) is 198 Å². The molecule has 0 fully saturated rings. The number of aryl methyl sites for hydroxylation is 1. The van der Waals surface area contributed by atoms with Crippen LogP contribution in [0.1, 0.15) is 37.3 Å². The predicted octanol–water partition coefficient (Wildman–Crippen LogP) is 0.270. The van der Waals surface area contributed by atoms with Crippen molar-refractivity contribution in [3.8, 4) is 5.75 Å². The number of phenolic OH excluding ortho intramolecular Hbond substituents is 1. The number of nitrogens with two attached hydrogens (primary N) is 2. The summed E-state index contributed by atoms with van der Waals surface area (Å²) in [7, 11) is 0. The summed E-state index contributed by atoms with van der Waals surface area (Å²) in [4.78, 5) is 54.7. The molecular formula is C28H38N6O6. The van der Waals surface area contributed by atoms with Gasteiger partial charge in [-0.05, 0) is 49.4 Å². The fourth-order valence-electron chi connectivity index (χ4n) is 3.79. The van der Waals surface area contributed by atoms with Gasteiger partial charge in [-0.3, -0.25) is 24.2 Å². The van der Waals surface area contributed by atoms with Gasteiger partial charge in [0.2, 0.25) is 17.7 Å². The average molecular weight is 555 g/mol. The van der Waals surface area contributed by atoms with Crippen LogP contribution >= 0.6 is 0 Å². The molecule has 8 N–H and O–H groups in total. The largest absolute Gasteiger partial charge is 0.508 e. The highest BCUT2D eigenvalue weighted by Gasteiger charge is 2.27. The molecule has 0 unspecified atom stereocenters. The number of phenols is 1. The molecule has 3 amide bonds. The molecule has 0 saturated heterocycles. The van der Waals surface area contributed by atoms with Gasteiger partial charge >= 0.3 is 5.97 Å². The zero-order chi connectivity index (χ0) is 29.3. The summed E-state index contributed by atoms with van der Waals surface area (Å²) >= 11 is 0. The summed E-state index contributed by atoms with van der Waals surface area (Å²) in [5.74, 6) is -2.04. The maximum atomic E-state index is 13.4. The van der Waals surface area contributed by atoms with Gasteiger partial charge in [0.05, 0.1) is 6.61 Å². The fraction of sp³-hybridized carbons (Fsp3) is 0.393. The van der Waals surface area contributed by atoms with E-state index < -0.39 is 29.9 Å². The molecule has 216 valence electrons. The Labute approximate surface area is 233 Å². The molecule has 2 atom stereocenters. The second-order valence-corrected chi connectivity index (χ2v) is 9.01. The van der Waals surface area contributed by atoms with Crippen LogP contribution < -0.4 is 27.4 Å². The van der Waals surface area contributed by atoms with Crippen LogP contribution in [0.15, 0.2) is 59.6 Å². The zero-order valence-corrected chi connectivity index (χ0v) is 22.6. The molecule has 0 aliphatic rings. The quantitative estimate of drug-likeness (QED) is 0.0735. The molecule has 0 aliphatic carbocycles. The van der Waals surface area contributed by atoms with E-state index in [0.717, 1.165) is 11.1 Å². The van der Waals surface area contributed by atoms with E-state index >= 15 is 0 Å².